The van der Waals surface area contributed by atoms with Crippen LogP contribution in [-0.4, -0.2) is 28.3 Å². The quantitative estimate of drug-likeness (QED) is 0.313. The van der Waals surface area contributed by atoms with E-state index in [0.717, 1.165) is 0 Å². The van der Waals surface area contributed by atoms with Gasteiger partial charge in [0.05, 0.1) is 6.04 Å². The predicted octanol–water partition coefficient (Wildman–Crippen LogP) is -1.07. The van der Waals surface area contributed by atoms with Crippen LogP contribution < -0.4 is 5.73 Å². The minimum absolute atomic E-state index is 0.206. The largest absolute Gasteiger partial charge is 0.318 e. The van der Waals surface area contributed by atoms with E-state index in [-0.39, 0.29) is 6.04 Å². The lowest BCUT2D eigenvalue weighted by Gasteiger charge is -2.37. The van der Waals surface area contributed by atoms with E-state index in [9.17, 15) is 4.79 Å². The average Bonchev–Trinajstić information content (AvgIpc) is 1.83. The Morgan fingerprint density at radius 2 is 2.38 bits per heavy atom. The van der Waals surface area contributed by atoms with Gasteiger partial charge in [-0.2, -0.15) is 0 Å². The number of β-lactam (4-membered cyclic amide) rings is 1. The molecule has 1 amide bonds. The molecule has 4 heteroatoms. The van der Waals surface area contributed by atoms with Crippen molar-refractivity contribution in [3.8, 4) is 0 Å². The van der Waals surface area contributed by atoms with Gasteiger partial charge in [0.2, 0.25) is 0 Å². The Morgan fingerprint density at radius 3 is 2.50 bits per heavy atom. The van der Waals surface area contributed by atoms with Gasteiger partial charge in [0.1, 0.15) is 6.04 Å². The minimum atomic E-state index is -0.486. The van der Waals surface area contributed by atoms with Crippen LogP contribution in [0.4, 0.5) is 0 Å². The van der Waals surface area contributed by atoms with Crippen molar-refractivity contribution in [2.45, 2.75) is 19.0 Å². The lowest BCUT2D eigenvalue weighted by Crippen LogP contribution is -2.65. The van der Waals surface area contributed by atoms with Crippen molar-refractivity contribution < 1.29 is 10.0 Å². The molecule has 0 unspecified atom stereocenters. The van der Waals surface area contributed by atoms with Gasteiger partial charge >= 0.3 is 0 Å². The third-order valence-electron chi connectivity index (χ3n) is 1.42. The van der Waals surface area contributed by atoms with Gasteiger partial charge in [0.15, 0.2) is 0 Å². The van der Waals surface area contributed by atoms with Crippen molar-refractivity contribution in [2.24, 2.45) is 5.73 Å². The molecule has 0 aromatic heterocycles. The second-order valence-corrected chi connectivity index (χ2v) is 1.95. The van der Waals surface area contributed by atoms with Crippen LogP contribution >= 0.6 is 0 Å². The van der Waals surface area contributed by atoms with Crippen molar-refractivity contribution in [3.05, 3.63) is 0 Å². The summed E-state index contributed by atoms with van der Waals surface area (Å²) < 4.78 is 0. The Morgan fingerprint density at radius 1 is 1.88 bits per heavy atom. The molecule has 1 aliphatic heterocycles. The Hall–Kier alpha value is -0.610. The van der Waals surface area contributed by atoms with E-state index >= 15 is 0 Å². The maximum absolute atomic E-state index is 10.3. The van der Waals surface area contributed by atoms with Crippen LogP contribution in [0, 0.1) is 0 Å². The molecule has 1 rings (SSSR count). The first-order chi connectivity index (χ1) is 3.64. The maximum atomic E-state index is 10.3. The maximum Gasteiger partial charge on any atom is 0.265 e. The highest BCUT2D eigenvalue weighted by atomic mass is 16.5. The van der Waals surface area contributed by atoms with Crippen LogP contribution in [0.2, 0.25) is 0 Å². The predicted molar refractivity (Wildman–Crippen MR) is 26.1 cm³/mol. The van der Waals surface area contributed by atoms with E-state index in [1.807, 2.05) is 0 Å². The number of carbonyl (C=O) groups excluding carboxylic acids is 1. The van der Waals surface area contributed by atoms with Crippen molar-refractivity contribution in [2.75, 3.05) is 0 Å². The van der Waals surface area contributed by atoms with Crippen molar-refractivity contribution >= 4 is 5.91 Å². The topological polar surface area (TPSA) is 66.6 Å². The lowest BCUT2D eigenvalue weighted by molar-refractivity contribution is -0.204. The Labute approximate surface area is 46.8 Å². The van der Waals surface area contributed by atoms with Gasteiger partial charge in [-0.05, 0) is 6.92 Å². The standard InChI is InChI=1S/C4H8N2O2/c1-2-3(5)4(7)6(2)8/h2-3,8H,5H2,1H3/t2-,3-/m0/s1. The van der Waals surface area contributed by atoms with Crippen molar-refractivity contribution in [1.29, 1.82) is 0 Å². The van der Waals surface area contributed by atoms with Gasteiger partial charge in [0.25, 0.3) is 5.91 Å². The highest BCUT2D eigenvalue weighted by molar-refractivity contribution is 5.87. The fraction of sp³-hybridized carbons (Fsp3) is 0.750. The highest BCUT2D eigenvalue weighted by Crippen LogP contribution is 2.12. The summed E-state index contributed by atoms with van der Waals surface area (Å²) in [4.78, 5) is 10.3. The van der Waals surface area contributed by atoms with E-state index in [1.54, 1.807) is 6.92 Å². The summed E-state index contributed by atoms with van der Waals surface area (Å²) in [5.74, 6) is -0.391. The monoisotopic (exact) mass is 116 g/mol. The molecule has 4 nitrogen and oxygen atoms in total. The summed E-state index contributed by atoms with van der Waals surface area (Å²) in [6.07, 6.45) is 0. The van der Waals surface area contributed by atoms with Crippen LogP contribution in [0.3, 0.4) is 0 Å². The summed E-state index contributed by atoms with van der Waals surface area (Å²) in [5, 5.41) is 9.20. The molecule has 0 aliphatic carbocycles. The van der Waals surface area contributed by atoms with Crippen LogP contribution in [0.25, 0.3) is 0 Å². The lowest BCUT2D eigenvalue weighted by atomic mass is 10.0. The third-order valence-corrected chi connectivity index (χ3v) is 1.42. The highest BCUT2D eigenvalue weighted by Gasteiger charge is 2.40. The molecule has 1 aliphatic rings. The average molecular weight is 116 g/mol. The molecule has 0 bridgehead atoms. The van der Waals surface area contributed by atoms with E-state index < -0.39 is 11.9 Å². The smallest absolute Gasteiger partial charge is 0.265 e. The number of carbonyl (C=O) groups is 1. The summed E-state index contributed by atoms with van der Waals surface area (Å²) in [6.45, 7) is 1.69. The van der Waals surface area contributed by atoms with Crippen molar-refractivity contribution in [1.82, 2.24) is 5.06 Å². The second-order valence-electron chi connectivity index (χ2n) is 1.95. The molecular formula is C4H8N2O2. The number of nitrogens with two attached hydrogens (primary N) is 1. The SMILES string of the molecule is C[C@H]1[C@H](N)C(=O)N1O. The summed E-state index contributed by atoms with van der Waals surface area (Å²) in [7, 11) is 0. The zero-order valence-electron chi connectivity index (χ0n) is 4.53. The number of hydrogen-bond acceptors (Lipinski definition) is 3. The Bertz CT molecular complexity index is 113. The molecule has 0 saturated carbocycles. The van der Waals surface area contributed by atoms with E-state index in [4.69, 9.17) is 10.9 Å². The molecule has 46 valence electrons. The molecule has 0 aromatic carbocycles. The second kappa shape index (κ2) is 1.43. The molecule has 0 aromatic rings. The Kier molecular flexibility index (Phi) is 0.988. The van der Waals surface area contributed by atoms with Gasteiger partial charge in [-0.15, -0.1) is 0 Å². The summed E-state index contributed by atoms with van der Waals surface area (Å²) in [6, 6.07) is -0.692. The molecule has 1 fully saturated rings. The summed E-state index contributed by atoms with van der Waals surface area (Å²) in [5.41, 5.74) is 5.20. The van der Waals surface area contributed by atoms with Crippen LogP contribution in [-0.2, 0) is 4.79 Å². The van der Waals surface area contributed by atoms with E-state index in [1.165, 1.54) is 0 Å². The Balaban J connectivity index is 2.55. The van der Waals surface area contributed by atoms with Crippen LogP contribution in [0.5, 0.6) is 0 Å². The van der Waals surface area contributed by atoms with E-state index in [2.05, 4.69) is 0 Å². The summed E-state index contributed by atoms with van der Waals surface area (Å²) >= 11 is 0. The molecule has 1 heterocycles. The molecule has 1 saturated heterocycles. The first kappa shape index (κ1) is 5.53. The molecular weight excluding hydrogens is 108 g/mol. The first-order valence-electron chi connectivity index (χ1n) is 2.42. The van der Waals surface area contributed by atoms with Gasteiger partial charge < -0.3 is 5.73 Å². The molecule has 0 radical (unpaired) electrons. The van der Waals surface area contributed by atoms with Crippen LogP contribution in [0.15, 0.2) is 0 Å². The third kappa shape index (κ3) is 0.439. The number of hydrogen-bond donors (Lipinski definition) is 2. The minimum Gasteiger partial charge on any atom is -0.318 e. The fourth-order valence-electron chi connectivity index (χ4n) is 0.630. The molecule has 3 N–H and O–H groups in total. The first-order valence-corrected chi connectivity index (χ1v) is 2.42. The molecule has 8 heavy (non-hydrogen) atoms. The number of hydroxylamine groups is 2. The van der Waals surface area contributed by atoms with Gasteiger partial charge in [-0.3, -0.25) is 10.0 Å². The van der Waals surface area contributed by atoms with E-state index in [0.29, 0.717) is 5.06 Å². The normalized spacial score (nSPS) is 37.4. The van der Waals surface area contributed by atoms with Crippen LogP contribution in [0.1, 0.15) is 6.92 Å². The zero-order chi connectivity index (χ0) is 6.31. The number of rotatable bonds is 0. The van der Waals surface area contributed by atoms with Gasteiger partial charge in [-0.1, -0.05) is 0 Å². The fourth-order valence-corrected chi connectivity index (χ4v) is 0.630. The zero-order valence-corrected chi connectivity index (χ0v) is 4.53. The molecule has 0 spiro atoms. The number of amides is 1. The molecule has 2 atom stereocenters. The van der Waals surface area contributed by atoms with Gasteiger partial charge in [0, 0.05) is 0 Å². The van der Waals surface area contributed by atoms with Gasteiger partial charge in [-0.25, -0.2) is 5.06 Å². The van der Waals surface area contributed by atoms with Crippen molar-refractivity contribution in [3.63, 3.8) is 0 Å². The number of nitrogens with zero attached hydrogens (tertiary/aromatic N) is 1.